The van der Waals surface area contributed by atoms with E-state index >= 15 is 0 Å². The number of hydrogen-bond acceptors (Lipinski definition) is 2. The van der Waals surface area contributed by atoms with Crippen LogP contribution in [0, 0.1) is 0 Å². The maximum Gasteiger partial charge on any atom is 0.121 e. The van der Waals surface area contributed by atoms with Crippen LogP contribution in [0.1, 0.15) is 29.9 Å². The minimum absolute atomic E-state index is 0.935. The topological polar surface area (TPSA) is 20.2 Å². The monoisotopic (exact) mass is 282 g/mol. The quantitative estimate of drug-likeness (QED) is 0.737. The van der Waals surface area contributed by atoms with Crippen LogP contribution in [-0.2, 0) is 12.0 Å². The molecule has 1 nitrogen and oxygen atoms in total. The lowest BCUT2D eigenvalue weighted by atomic mass is 9.93. The lowest BCUT2D eigenvalue weighted by molar-refractivity contribution is 0.106. The Hall–Kier alpha value is -1.64. The van der Waals surface area contributed by atoms with Gasteiger partial charge in [0.15, 0.2) is 0 Å². The largest absolute Gasteiger partial charge is 0.380 e. The Morgan fingerprint density at radius 1 is 1.05 bits per heavy atom. The SMILES string of the molecule is CCc1ccc(C(C)(O)c2cc3ccccc3s2)cc1. The van der Waals surface area contributed by atoms with Gasteiger partial charge in [0, 0.05) is 9.58 Å². The molecule has 3 aromatic rings. The number of fused-ring (bicyclic) bond motifs is 1. The highest BCUT2D eigenvalue weighted by Crippen LogP contribution is 2.37. The minimum atomic E-state index is -0.935. The van der Waals surface area contributed by atoms with Crippen LogP contribution in [0.25, 0.3) is 10.1 Å². The van der Waals surface area contributed by atoms with Crippen LogP contribution in [0.15, 0.2) is 54.6 Å². The Morgan fingerprint density at radius 3 is 2.40 bits per heavy atom. The fourth-order valence-electron chi connectivity index (χ4n) is 2.43. The molecule has 102 valence electrons. The van der Waals surface area contributed by atoms with Crippen molar-refractivity contribution in [2.24, 2.45) is 0 Å². The van der Waals surface area contributed by atoms with Gasteiger partial charge in [-0.25, -0.2) is 0 Å². The lowest BCUT2D eigenvalue weighted by Crippen LogP contribution is -2.21. The van der Waals surface area contributed by atoms with Crippen molar-refractivity contribution in [1.29, 1.82) is 0 Å². The summed E-state index contributed by atoms with van der Waals surface area (Å²) in [5.41, 5.74) is 1.30. The van der Waals surface area contributed by atoms with E-state index in [4.69, 9.17) is 0 Å². The van der Waals surface area contributed by atoms with Gasteiger partial charge in [-0.15, -0.1) is 11.3 Å². The van der Waals surface area contributed by atoms with E-state index in [0.717, 1.165) is 16.9 Å². The van der Waals surface area contributed by atoms with Crippen molar-refractivity contribution in [2.75, 3.05) is 0 Å². The Morgan fingerprint density at radius 2 is 1.75 bits per heavy atom. The normalized spacial score (nSPS) is 14.3. The molecule has 0 radical (unpaired) electrons. The van der Waals surface area contributed by atoms with Crippen LogP contribution >= 0.6 is 11.3 Å². The Balaban J connectivity index is 2.04. The molecule has 20 heavy (non-hydrogen) atoms. The van der Waals surface area contributed by atoms with Crippen molar-refractivity contribution in [1.82, 2.24) is 0 Å². The number of aryl methyl sites for hydroxylation is 1. The molecule has 1 atom stereocenters. The van der Waals surface area contributed by atoms with Crippen LogP contribution in [0.4, 0.5) is 0 Å². The van der Waals surface area contributed by atoms with E-state index in [0.29, 0.717) is 0 Å². The number of hydrogen-bond donors (Lipinski definition) is 1. The summed E-state index contributed by atoms with van der Waals surface area (Å²) >= 11 is 1.66. The molecule has 0 aliphatic rings. The van der Waals surface area contributed by atoms with Gasteiger partial charge in [0.1, 0.15) is 5.60 Å². The van der Waals surface area contributed by atoms with Gasteiger partial charge in [0.05, 0.1) is 0 Å². The molecule has 1 aromatic heterocycles. The molecule has 2 heteroatoms. The molecule has 1 unspecified atom stereocenters. The summed E-state index contributed by atoms with van der Waals surface area (Å²) in [5, 5.41) is 12.1. The summed E-state index contributed by atoms with van der Waals surface area (Å²) in [7, 11) is 0. The molecular formula is C18H18OS. The first-order chi connectivity index (χ1) is 9.61. The average Bonchev–Trinajstić information content (AvgIpc) is 2.92. The smallest absolute Gasteiger partial charge is 0.121 e. The van der Waals surface area contributed by atoms with Crippen LogP contribution in [0.2, 0.25) is 0 Å². The Bertz CT molecular complexity index is 690. The zero-order chi connectivity index (χ0) is 14.2. The molecule has 2 aromatic carbocycles. The van der Waals surface area contributed by atoms with Crippen molar-refractivity contribution >= 4 is 21.4 Å². The zero-order valence-electron chi connectivity index (χ0n) is 11.8. The third-order valence-corrected chi connectivity index (χ3v) is 5.16. The van der Waals surface area contributed by atoms with Crippen LogP contribution in [-0.4, -0.2) is 5.11 Å². The van der Waals surface area contributed by atoms with Crippen molar-refractivity contribution in [3.63, 3.8) is 0 Å². The molecule has 3 rings (SSSR count). The third-order valence-electron chi connectivity index (χ3n) is 3.83. The molecule has 0 saturated carbocycles. The van der Waals surface area contributed by atoms with Crippen LogP contribution in [0.3, 0.4) is 0 Å². The molecular weight excluding hydrogens is 264 g/mol. The van der Waals surface area contributed by atoms with Crippen LogP contribution in [0.5, 0.6) is 0 Å². The average molecular weight is 282 g/mol. The van der Waals surface area contributed by atoms with Crippen molar-refractivity contribution in [2.45, 2.75) is 25.9 Å². The molecule has 0 bridgehead atoms. The Labute approximate surface area is 123 Å². The van der Waals surface area contributed by atoms with Crippen LogP contribution < -0.4 is 0 Å². The molecule has 1 N–H and O–H groups in total. The second kappa shape index (κ2) is 5.04. The molecule has 0 spiro atoms. The number of aliphatic hydroxyl groups is 1. The van der Waals surface area contributed by atoms with Gasteiger partial charge in [-0.2, -0.15) is 0 Å². The predicted molar refractivity (Wildman–Crippen MR) is 86.3 cm³/mol. The fraction of sp³-hybridized carbons (Fsp3) is 0.222. The zero-order valence-corrected chi connectivity index (χ0v) is 12.6. The molecule has 1 heterocycles. The van der Waals surface area contributed by atoms with Gasteiger partial charge < -0.3 is 5.11 Å². The maximum absolute atomic E-state index is 10.9. The third kappa shape index (κ3) is 2.26. The first-order valence-electron chi connectivity index (χ1n) is 6.92. The van der Waals surface area contributed by atoms with Crippen molar-refractivity contribution < 1.29 is 5.11 Å². The molecule has 0 fully saturated rings. The molecule has 0 saturated heterocycles. The summed E-state index contributed by atoms with van der Waals surface area (Å²) < 4.78 is 1.22. The van der Waals surface area contributed by atoms with Crippen molar-refractivity contribution in [3.05, 3.63) is 70.6 Å². The fourth-order valence-corrected chi connectivity index (χ4v) is 3.56. The summed E-state index contributed by atoms with van der Waals surface area (Å²) in [6, 6.07) is 18.6. The number of thiophene rings is 1. The molecule has 0 aliphatic carbocycles. The van der Waals surface area contributed by atoms with E-state index in [1.807, 2.05) is 31.2 Å². The van der Waals surface area contributed by atoms with E-state index in [1.165, 1.54) is 15.6 Å². The Kier molecular flexibility index (Phi) is 3.36. The summed E-state index contributed by atoms with van der Waals surface area (Å²) in [5.74, 6) is 0. The predicted octanol–water partition coefficient (Wildman–Crippen LogP) is 4.72. The summed E-state index contributed by atoms with van der Waals surface area (Å²) in [6.45, 7) is 4.01. The van der Waals surface area contributed by atoms with E-state index in [1.54, 1.807) is 11.3 Å². The highest BCUT2D eigenvalue weighted by Gasteiger charge is 2.27. The standard InChI is InChI=1S/C18H18OS/c1-3-13-8-10-15(11-9-13)18(2,19)17-12-14-6-4-5-7-16(14)20-17/h4-12,19H,3H2,1-2H3. The molecule has 0 amide bonds. The summed E-state index contributed by atoms with van der Waals surface area (Å²) in [4.78, 5) is 0.989. The lowest BCUT2D eigenvalue weighted by Gasteiger charge is -2.22. The summed E-state index contributed by atoms with van der Waals surface area (Å²) in [6.07, 6.45) is 1.02. The molecule has 0 aliphatic heterocycles. The van der Waals surface area contributed by atoms with Gasteiger partial charge in [-0.3, -0.25) is 0 Å². The van der Waals surface area contributed by atoms with E-state index < -0.39 is 5.60 Å². The first-order valence-corrected chi connectivity index (χ1v) is 7.74. The number of rotatable bonds is 3. The van der Waals surface area contributed by atoms with Gasteiger partial charge >= 0.3 is 0 Å². The minimum Gasteiger partial charge on any atom is -0.380 e. The van der Waals surface area contributed by atoms with Gasteiger partial charge in [0.2, 0.25) is 0 Å². The second-order valence-electron chi connectivity index (χ2n) is 5.27. The van der Waals surface area contributed by atoms with Gasteiger partial charge in [-0.05, 0) is 42.0 Å². The first kappa shape index (κ1) is 13.3. The number of benzene rings is 2. The second-order valence-corrected chi connectivity index (χ2v) is 6.35. The maximum atomic E-state index is 10.9. The van der Waals surface area contributed by atoms with Gasteiger partial charge in [-0.1, -0.05) is 49.4 Å². The van der Waals surface area contributed by atoms with Crippen molar-refractivity contribution in [3.8, 4) is 0 Å². The highest BCUT2D eigenvalue weighted by molar-refractivity contribution is 7.19. The highest BCUT2D eigenvalue weighted by atomic mass is 32.1. The van der Waals surface area contributed by atoms with E-state index in [-0.39, 0.29) is 0 Å². The van der Waals surface area contributed by atoms with E-state index in [9.17, 15) is 5.11 Å². The van der Waals surface area contributed by atoms with E-state index in [2.05, 4.69) is 37.3 Å². The van der Waals surface area contributed by atoms with Gasteiger partial charge in [0.25, 0.3) is 0 Å².